The van der Waals surface area contributed by atoms with Crippen LogP contribution in [0.5, 0.6) is 28.7 Å². The van der Waals surface area contributed by atoms with Crippen molar-refractivity contribution in [1.29, 1.82) is 0 Å². The quantitative estimate of drug-likeness (QED) is 0.0685. The van der Waals surface area contributed by atoms with E-state index in [9.17, 15) is 0 Å². The van der Waals surface area contributed by atoms with Crippen molar-refractivity contribution < 1.29 is 23.7 Å². The minimum Gasteiger partial charge on any atom is -0.497 e. The third-order valence-electron chi connectivity index (χ3n) is 14.9. The van der Waals surface area contributed by atoms with E-state index in [0.717, 1.165) is 138 Å². The van der Waals surface area contributed by atoms with Crippen molar-refractivity contribution in [1.82, 2.24) is 0 Å². The summed E-state index contributed by atoms with van der Waals surface area (Å²) in [6.45, 7) is 2.23. The van der Waals surface area contributed by atoms with Gasteiger partial charge in [-0.05, 0) is 247 Å². The molecule has 0 spiro atoms. The Morgan fingerprint density at radius 2 is 0.488 bits per heavy atom. The van der Waals surface area contributed by atoms with Gasteiger partial charge in [-0.2, -0.15) is 0 Å². The van der Waals surface area contributed by atoms with Crippen LogP contribution in [0.3, 0.4) is 0 Å². The molecule has 10 nitrogen and oxygen atoms in total. The normalized spacial score (nSPS) is 10.8. The summed E-state index contributed by atoms with van der Waals surface area (Å²) in [5, 5.41) is 7.28. The SMILES string of the molecule is CCCc1cc(N(c2ccc(OC)cc2)c2ccc(-c3ccc(Nc4ccc(OC)cc4)cc3)cc2)ccc1Nc1ccc(N(c2ccc(OC)cc2)c2ccc(-c3ccc(N(c4ccc(OC)cc4)c4ccc(OC)cc4)cc3)cc2)cc1. The number of ether oxygens (including phenoxy) is 5. The highest BCUT2D eigenvalue weighted by Crippen LogP contribution is 2.42. The fourth-order valence-corrected chi connectivity index (χ4v) is 10.4. The van der Waals surface area contributed by atoms with Crippen LogP contribution in [-0.2, 0) is 6.42 Å². The molecular formula is C74H67N5O5. The molecule has 2 N–H and O–H groups in total. The molecule has 0 aromatic heterocycles. The molecule has 418 valence electrons. The summed E-state index contributed by atoms with van der Waals surface area (Å²) in [4.78, 5) is 6.81. The zero-order valence-electron chi connectivity index (χ0n) is 48.1. The van der Waals surface area contributed by atoms with Gasteiger partial charge in [0.2, 0.25) is 0 Å². The third-order valence-corrected chi connectivity index (χ3v) is 14.9. The van der Waals surface area contributed by atoms with E-state index in [1.165, 1.54) is 5.56 Å². The zero-order valence-corrected chi connectivity index (χ0v) is 48.1. The number of nitrogens with zero attached hydrogens (tertiary/aromatic N) is 3. The maximum Gasteiger partial charge on any atom is 0.119 e. The Morgan fingerprint density at radius 3 is 0.798 bits per heavy atom. The fraction of sp³-hybridized carbons (Fsp3) is 0.108. The van der Waals surface area contributed by atoms with Gasteiger partial charge in [0.25, 0.3) is 0 Å². The molecule has 11 aromatic carbocycles. The average Bonchev–Trinajstić information content (AvgIpc) is 3.70. The van der Waals surface area contributed by atoms with Gasteiger partial charge < -0.3 is 49.0 Å². The first-order chi connectivity index (χ1) is 41.3. The smallest absolute Gasteiger partial charge is 0.119 e. The van der Waals surface area contributed by atoms with Crippen LogP contribution in [0.4, 0.5) is 73.9 Å². The highest BCUT2D eigenvalue weighted by molar-refractivity contribution is 5.84. The number of nitrogens with one attached hydrogen (secondary N) is 2. The molecular weight excluding hydrogens is 1040 g/mol. The topological polar surface area (TPSA) is 79.9 Å². The Balaban J connectivity index is 0.834. The van der Waals surface area contributed by atoms with Gasteiger partial charge in [-0.25, -0.2) is 0 Å². The minimum atomic E-state index is 0.797. The Hall–Kier alpha value is -10.6. The zero-order chi connectivity index (χ0) is 57.8. The molecule has 0 atom stereocenters. The van der Waals surface area contributed by atoms with Crippen molar-refractivity contribution in [2.75, 3.05) is 60.9 Å². The lowest BCUT2D eigenvalue weighted by Crippen LogP contribution is -2.11. The summed E-state index contributed by atoms with van der Waals surface area (Å²) >= 11 is 0. The van der Waals surface area contributed by atoms with E-state index in [0.29, 0.717) is 0 Å². The summed E-state index contributed by atoms with van der Waals surface area (Å²) in [5.41, 5.74) is 19.0. The predicted octanol–water partition coefficient (Wildman–Crippen LogP) is 19.9. The number of aryl methyl sites for hydroxylation is 1. The maximum atomic E-state index is 5.58. The van der Waals surface area contributed by atoms with Gasteiger partial charge in [-0.15, -0.1) is 0 Å². The summed E-state index contributed by atoms with van der Waals surface area (Å²) < 4.78 is 27.4. The number of hydrogen-bond acceptors (Lipinski definition) is 10. The van der Waals surface area contributed by atoms with Crippen molar-refractivity contribution in [3.05, 3.63) is 266 Å². The Kier molecular flexibility index (Phi) is 17.1. The summed E-state index contributed by atoms with van der Waals surface area (Å²) in [6, 6.07) is 90.7. The fourth-order valence-electron chi connectivity index (χ4n) is 10.4. The summed E-state index contributed by atoms with van der Waals surface area (Å²) in [5.74, 6) is 4.04. The molecule has 0 radical (unpaired) electrons. The van der Waals surface area contributed by atoms with E-state index in [2.05, 4.69) is 220 Å². The van der Waals surface area contributed by atoms with Gasteiger partial charge in [0.1, 0.15) is 28.7 Å². The molecule has 0 unspecified atom stereocenters. The van der Waals surface area contributed by atoms with Crippen molar-refractivity contribution >= 4 is 73.9 Å². The Morgan fingerprint density at radius 1 is 0.262 bits per heavy atom. The second-order valence-corrected chi connectivity index (χ2v) is 20.1. The largest absolute Gasteiger partial charge is 0.497 e. The van der Waals surface area contributed by atoms with Gasteiger partial charge in [0.05, 0.1) is 35.5 Å². The first-order valence-corrected chi connectivity index (χ1v) is 28.1. The van der Waals surface area contributed by atoms with Gasteiger partial charge in [-0.1, -0.05) is 61.9 Å². The number of rotatable bonds is 22. The lowest BCUT2D eigenvalue weighted by Gasteiger charge is -2.27. The molecule has 0 amide bonds. The van der Waals surface area contributed by atoms with Crippen LogP contribution >= 0.6 is 0 Å². The number of anilines is 13. The summed E-state index contributed by atoms with van der Waals surface area (Å²) in [7, 11) is 8.44. The molecule has 10 heteroatoms. The van der Waals surface area contributed by atoms with E-state index >= 15 is 0 Å². The Bertz CT molecular complexity index is 3830. The lowest BCUT2D eigenvalue weighted by atomic mass is 10.0. The molecule has 0 saturated carbocycles. The third kappa shape index (κ3) is 12.6. The molecule has 11 aromatic rings. The standard InChI is InChI=1S/C74H67N5O5/c1-7-8-56-51-68(79(67-37-48-73(84-6)49-38-67)62-27-15-53(16-28-62)52-9-17-57(18-10-52)75-58-21-40-69(80-2)41-22-58)39-50-74(56)76-59-19-29-63(30-20-59)77(64-31-42-70(81-3)43-32-64)60-23-11-54(12-24-60)55-13-25-61(26-14-55)78(65-33-44-71(82-4)45-34-65)66-35-46-72(83-5)47-36-66/h9-51,75-76H,7-8H2,1-6H3. The molecule has 0 aliphatic carbocycles. The van der Waals surface area contributed by atoms with Gasteiger partial charge >= 0.3 is 0 Å². The second kappa shape index (κ2) is 25.9. The Labute approximate surface area is 493 Å². The van der Waals surface area contributed by atoms with E-state index in [1.807, 2.05) is 72.8 Å². The molecule has 0 aliphatic rings. The van der Waals surface area contributed by atoms with Crippen LogP contribution < -0.4 is 49.0 Å². The second-order valence-electron chi connectivity index (χ2n) is 20.1. The monoisotopic (exact) mass is 1110 g/mol. The van der Waals surface area contributed by atoms with Crippen LogP contribution in [0.25, 0.3) is 22.3 Å². The van der Waals surface area contributed by atoms with Gasteiger partial charge in [0.15, 0.2) is 0 Å². The number of methoxy groups -OCH3 is 5. The first-order valence-electron chi connectivity index (χ1n) is 28.1. The molecule has 11 rings (SSSR count). The summed E-state index contributed by atoms with van der Waals surface area (Å²) in [6.07, 6.45) is 1.88. The van der Waals surface area contributed by atoms with Crippen LogP contribution in [0.2, 0.25) is 0 Å². The van der Waals surface area contributed by atoms with E-state index in [1.54, 1.807) is 35.5 Å². The van der Waals surface area contributed by atoms with E-state index in [4.69, 9.17) is 23.7 Å². The van der Waals surface area contributed by atoms with Crippen LogP contribution in [-0.4, -0.2) is 35.5 Å². The molecule has 0 heterocycles. The molecule has 84 heavy (non-hydrogen) atoms. The van der Waals surface area contributed by atoms with Crippen LogP contribution in [0.15, 0.2) is 261 Å². The van der Waals surface area contributed by atoms with Crippen molar-refractivity contribution in [3.63, 3.8) is 0 Å². The van der Waals surface area contributed by atoms with Crippen molar-refractivity contribution in [2.24, 2.45) is 0 Å². The minimum absolute atomic E-state index is 0.797. The highest BCUT2D eigenvalue weighted by atomic mass is 16.5. The average molecular weight is 1110 g/mol. The molecule has 0 saturated heterocycles. The van der Waals surface area contributed by atoms with E-state index in [-0.39, 0.29) is 0 Å². The van der Waals surface area contributed by atoms with E-state index < -0.39 is 0 Å². The maximum absolute atomic E-state index is 5.58. The van der Waals surface area contributed by atoms with Crippen LogP contribution in [0.1, 0.15) is 18.9 Å². The van der Waals surface area contributed by atoms with Gasteiger partial charge in [-0.3, -0.25) is 0 Å². The predicted molar refractivity (Wildman–Crippen MR) is 348 cm³/mol. The lowest BCUT2D eigenvalue weighted by molar-refractivity contribution is 0.414. The highest BCUT2D eigenvalue weighted by Gasteiger charge is 2.19. The number of benzene rings is 11. The number of hydrogen-bond donors (Lipinski definition) is 2. The van der Waals surface area contributed by atoms with Gasteiger partial charge in [0, 0.05) is 73.9 Å². The first kappa shape index (κ1) is 55.3. The van der Waals surface area contributed by atoms with Crippen molar-refractivity contribution in [2.45, 2.75) is 19.8 Å². The molecule has 0 bridgehead atoms. The molecule has 0 aliphatic heterocycles. The van der Waals surface area contributed by atoms with Crippen LogP contribution in [0, 0.1) is 0 Å². The molecule has 0 fully saturated rings. The van der Waals surface area contributed by atoms with Crippen molar-refractivity contribution in [3.8, 4) is 51.0 Å².